The van der Waals surface area contributed by atoms with Crippen LogP contribution in [0.1, 0.15) is 69.4 Å². The van der Waals surface area contributed by atoms with Crippen LogP contribution in [-0.2, 0) is 5.41 Å². The minimum absolute atomic E-state index is 0.0282. The van der Waals surface area contributed by atoms with Gasteiger partial charge in [0.25, 0.3) is 0 Å². The zero-order chi connectivity index (χ0) is 42.7. The highest BCUT2D eigenvalue weighted by atomic mass is 16.5. The first-order valence-corrected chi connectivity index (χ1v) is 19.5. The average Bonchev–Trinajstić information content (AvgIpc) is 3.44. The first-order chi connectivity index (χ1) is 27.7. The number of nitrogens with zero attached hydrogens (tertiary/aromatic N) is 1. The van der Waals surface area contributed by atoms with Crippen molar-refractivity contribution in [1.82, 2.24) is 0 Å². The molecular formula is C51H57NO6. The SMILES string of the molecule is C/C=C\C1=C(C)c2ccc(N(c3ccccc3)c3ccc(-c4ccc(C)cc4)cc3)cc2C1(C)C.CC.COc1ccc(C)cc1.Cc1c(O)c(O)c(O)c(O)c1O. The molecule has 0 atom stereocenters. The Labute approximate surface area is 344 Å². The van der Waals surface area contributed by atoms with Crippen molar-refractivity contribution in [2.45, 2.75) is 67.7 Å². The Hall–Kier alpha value is -6.60. The lowest BCUT2D eigenvalue weighted by Crippen LogP contribution is -2.17. The number of benzene rings is 6. The van der Waals surface area contributed by atoms with Gasteiger partial charge in [0.15, 0.2) is 11.5 Å². The van der Waals surface area contributed by atoms with E-state index in [1.807, 2.05) is 38.1 Å². The van der Waals surface area contributed by atoms with E-state index in [-0.39, 0.29) is 11.0 Å². The number of hydrogen-bond acceptors (Lipinski definition) is 7. The van der Waals surface area contributed by atoms with Crippen LogP contribution in [-0.4, -0.2) is 32.6 Å². The summed E-state index contributed by atoms with van der Waals surface area (Å²) in [6.45, 7) is 18.5. The monoisotopic (exact) mass is 779 g/mol. The summed E-state index contributed by atoms with van der Waals surface area (Å²) in [5, 5.41) is 44.7. The third-order valence-electron chi connectivity index (χ3n) is 10.1. The van der Waals surface area contributed by atoms with Crippen LogP contribution in [0.25, 0.3) is 16.7 Å². The van der Waals surface area contributed by atoms with E-state index in [1.165, 1.54) is 57.1 Å². The number of hydrogen-bond donors (Lipinski definition) is 5. The number of anilines is 3. The Morgan fingerprint density at radius 1 is 0.552 bits per heavy atom. The summed E-state index contributed by atoms with van der Waals surface area (Å²) in [4.78, 5) is 2.36. The highest BCUT2D eigenvalue weighted by Crippen LogP contribution is 2.51. The molecule has 0 saturated heterocycles. The molecule has 0 heterocycles. The van der Waals surface area contributed by atoms with Crippen LogP contribution in [0, 0.1) is 20.8 Å². The van der Waals surface area contributed by atoms with Crippen molar-refractivity contribution in [2.75, 3.05) is 12.0 Å². The number of allylic oxidation sites excluding steroid dienone is 4. The minimum Gasteiger partial charge on any atom is -0.504 e. The zero-order valence-electron chi connectivity index (χ0n) is 35.3. The van der Waals surface area contributed by atoms with Crippen molar-refractivity contribution >= 4 is 22.6 Å². The van der Waals surface area contributed by atoms with Gasteiger partial charge in [0.1, 0.15) is 5.75 Å². The molecule has 0 unspecified atom stereocenters. The molecule has 58 heavy (non-hydrogen) atoms. The van der Waals surface area contributed by atoms with Gasteiger partial charge in [-0.3, -0.25) is 0 Å². The van der Waals surface area contributed by atoms with Gasteiger partial charge in [-0.25, -0.2) is 0 Å². The van der Waals surface area contributed by atoms with Crippen LogP contribution in [0.5, 0.6) is 34.5 Å². The fourth-order valence-electron chi connectivity index (χ4n) is 6.83. The third-order valence-corrected chi connectivity index (χ3v) is 10.1. The predicted molar refractivity (Wildman–Crippen MR) is 240 cm³/mol. The fourth-order valence-corrected chi connectivity index (χ4v) is 6.83. The minimum atomic E-state index is -0.935. The van der Waals surface area contributed by atoms with E-state index in [1.54, 1.807) is 7.11 Å². The molecule has 7 heteroatoms. The first-order valence-electron chi connectivity index (χ1n) is 19.5. The second kappa shape index (κ2) is 19.5. The number of para-hydroxylation sites is 1. The number of fused-ring (bicyclic) bond motifs is 1. The van der Waals surface area contributed by atoms with Crippen LogP contribution in [0.4, 0.5) is 17.1 Å². The molecule has 302 valence electrons. The largest absolute Gasteiger partial charge is 0.504 e. The van der Waals surface area contributed by atoms with Crippen molar-refractivity contribution in [1.29, 1.82) is 0 Å². The van der Waals surface area contributed by atoms with Crippen LogP contribution >= 0.6 is 0 Å². The van der Waals surface area contributed by atoms with E-state index < -0.39 is 28.7 Å². The number of rotatable bonds is 6. The van der Waals surface area contributed by atoms with Gasteiger partial charge in [-0.15, -0.1) is 0 Å². The molecule has 0 bridgehead atoms. The van der Waals surface area contributed by atoms with Gasteiger partial charge < -0.3 is 35.2 Å². The van der Waals surface area contributed by atoms with Gasteiger partial charge in [0, 0.05) is 28.0 Å². The Morgan fingerprint density at radius 3 is 1.50 bits per heavy atom. The zero-order valence-corrected chi connectivity index (χ0v) is 35.3. The summed E-state index contributed by atoms with van der Waals surface area (Å²) in [5.74, 6) is -3.01. The smallest absolute Gasteiger partial charge is 0.208 e. The predicted octanol–water partition coefficient (Wildman–Crippen LogP) is 13.3. The number of phenols is 5. The lowest BCUT2D eigenvalue weighted by molar-refractivity contribution is 0.325. The molecular weight excluding hydrogens is 723 g/mol. The van der Waals surface area contributed by atoms with Gasteiger partial charge in [-0.05, 0) is 117 Å². The highest BCUT2D eigenvalue weighted by molar-refractivity contribution is 5.85. The number of phenolic OH excluding ortho intramolecular Hbond substituents is 5. The molecule has 1 aliphatic rings. The standard InChI is InChI=1S/C34H33N.C8H10O.C7H8O5.C2H6/c1-6-10-32-25(3)31-22-21-30(23-33(31)34(32,4)5)35(28-11-8-7-9-12-28)29-19-17-27(18-20-29)26-15-13-24(2)14-16-26;1-7-3-5-8(9-2)6-4-7;1-2-3(8)5(10)7(12)6(11)4(2)9;1-2/h6-23H,1-5H3;3-6H,1-2H3;8-12H,1H3;1-2H3/b10-6-;;;. The van der Waals surface area contributed by atoms with Crippen molar-refractivity contribution in [3.05, 3.63) is 167 Å². The number of methoxy groups -OCH3 is 1. The topological polar surface area (TPSA) is 114 Å². The molecule has 0 aromatic heterocycles. The first kappa shape index (κ1) is 44.1. The molecule has 0 fully saturated rings. The summed E-state index contributed by atoms with van der Waals surface area (Å²) >= 11 is 0. The van der Waals surface area contributed by atoms with Crippen molar-refractivity contribution < 1.29 is 30.3 Å². The van der Waals surface area contributed by atoms with E-state index in [4.69, 9.17) is 30.3 Å². The van der Waals surface area contributed by atoms with E-state index in [0.29, 0.717) is 0 Å². The summed E-state index contributed by atoms with van der Waals surface area (Å²) in [6.07, 6.45) is 4.42. The highest BCUT2D eigenvalue weighted by Gasteiger charge is 2.35. The molecule has 0 amide bonds. The lowest BCUT2D eigenvalue weighted by Gasteiger charge is -2.28. The van der Waals surface area contributed by atoms with Crippen molar-refractivity contribution in [3.8, 4) is 45.6 Å². The maximum atomic E-state index is 9.01. The van der Waals surface area contributed by atoms with Gasteiger partial charge in [-0.2, -0.15) is 0 Å². The van der Waals surface area contributed by atoms with E-state index in [0.717, 1.165) is 17.1 Å². The summed E-state index contributed by atoms with van der Waals surface area (Å²) in [7, 11) is 1.67. The quantitative estimate of drug-likeness (QED) is 0.0845. The summed E-state index contributed by atoms with van der Waals surface area (Å²) in [5.41, 5.74) is 13.9. The van der Waals surface area contributed by atoms with Gasteiger partial charge in [0.2, 0.25) is 17.2 Å². The molecule has 0 aliphatic heterocycles. The number of aryl methyl sites for hydroxylation is 2. The molecule has 7 nitrogen and oxygen atoms in total. The fraction of sp³-hybridized carbons (Fsp3) is 0.216. The van der Waals surface area contributed by atoms with Crippen LogP contribution in [0.3, 0.4) is 0 Å². The number of ether oxygens (including phenoxy) is 1. The Bertz CT molecular complexity index is 2240. The molecule has 7 rings (SSSR count). The maximum Gasteiger partial charge on any atom is 0.208 e. The summed E-state index contributed by atoms with van der Waals surface area (Å²) in [6, 6.07) is 43.2. The molecule has 0 spiro atoms. The third kappa shape index (κ3) is 9.67. The van der Waals surface area contributed by atoms with Crippen LogP contribution < -0.4 is 9.64 Å². The van der Waals surface area contributed by atoms with E-state index >= 15 is 0 Å². The molecule has 0 radical (unpaired) electrons. The molecule has 6 aromatic carbocycles. The van der Waals surface area contributed by atoms with Crippen LogP contribution in [0.15, 0.2) is 139 Å². The second-order valence-electron chi connectivity index (χ2n) is 14.4. The molecule has 0 saturated carbocycles. The van der Waals surface area contributed by atoms with Gasteiger partial charge >= 0.3 is 0 Å². The maximum absolute atomic E-state index is 9.01. The van der Waals surface area contributed by atoms with Crippen molar-refractivity contribution in [3.63, 3.8) is 0 Å². The lowest BCUT2D eigenvalue weighted by atomic mass is 9.81. The Balaban J connectivity index is 0.000000263. The normalized spacial score (nSPS) is 12.3. The average molecular weight is 780 g/mol. The summed E-state index contributed by atoms with van der Waals surface area (Å²) < 4.78 is 4.97. The Morgan fingerprint density at radius 2 is 1.00 bits per heavy atom. The molecule has 1 aliphatic carbocycles. The Kier molecular flexibility index (Phi) is 14.8. The van der Waals surface area contributed by atoms with Gasteiger partial charge in [-0.1, -0.05) is 124 Å². The second-order valence-corrected chi connectivity index (χ2v) is 14.4. The van der Waals surface area contributed by atoms with Crippen LogP contribution in [0.2, 0.25) is 0 Å². The van der Waals surface area contributed by atoms with E-state index in [2.05, 4.69) is 156 Å². The van der Waals surface area contributed by atoms with Gasteiger partial charge in [0.05, 0.1) is 7.11 Å². The van der Waals surface area contributed by atoms with E-state index in [9.17, 15) is 0 Å². The molecule has 6 aromatic rings. The number of aromatic hydroxyl groups is 5. The van der Waals surface area contributed by atoms with Crippen molar-refractivity contribution in [2.24, 2.45) is 0 Å². The molecule has 5 N–H and O–H groups in total.